The van der Waals surface area contributed by atoms with E-state index in [4.69, 9.17) is 4.42 Å². The maximum atomic E-state index is 12.8. The topological polar surface area (TPSA) is 69.9 Å². The van der Waals surface area contributed by atoms with Gasteiger partial charge in [0.1, 0.15) is 5.69 Å². The number of carbonyl (C=O) groups is 2. The maximum absolute atomic E-state index is 12.8. The van der Waals surface area contributed by atoms with Crippen molar-refractivity contribution in [3.8, 4) is 0 Å². The molecule has 2 aromatic heterocycles. The number of pyridine rings is 1. The number of rotatable bonds is 4. The molecule has 3 heterocycles. The molecule has 3 aromatic rings. The van der Waals surface area contributed by atoms with Crippen molar-refractivity contribution >= 4 is 23.2 Å². The molecule has 1 aromatic carbocycles. The smallest absolute Gasteiger partial charge is 0.289 e. The fourth-order valence-electron chi connectivity index (χ4n) is 3.40. The van der Waals surface area contributed by atoms with Crippen molar-refractivity contribution in [2.45, 2.75) is 0 Å². The van der Waals surface area contributed by atoms with Crippen molar-refractivity contribution < 1.29 is 14.0 Å². The molecule has 0 radical (unpaired) electrons. The third-order valence-corrected chi connectivity index (χ3v) is 5.07. The molecule has 2 amide bonds. The number of hydrogen-bond acceptors (Lipinski definition) is 5. The largest absolute Gasteiger partial charge is 0.459 e. The zero-order valence-corrected chi connectivity index (χ0v) is 16.2. The summed E-state index contributed by atoms with van der Waals surface area (Å²) in [7, 11) is 1.74. The molecule has 0 saturated carbocycles. The van der Waals surface area contributed by atoms with E-state index in [9.17, 15) is 9.59 Å². The van der Waals surface area contributed by atoms with E-state index in [2.05, 4.69) is 9.88 Å². The number of nitrogens with zero attached hydrogens (tertiary/aromatic N) is 4. The van der Waals surface area contributed by atoms with Gasteiger partial charge in [-0.15, -0.1) is 0 Å². The quantitative estimate of drug-likeness (QED) is 0.685. The standard InChI is InChI=1S/C22H22N4O3/c1-24(17-6-3-2-4-7-17)21(27)19-16-18(9-10-23-19)25-11-13-26(14-12-25)22(28)20-8-5-15-29-20/h2-10,15-16H,11-14H2,1H3. The van der Waals surface area contributed by atoms with Crippen LogP contribution in [0.5, 0.6) is 0 Å². The number of hydrogen-bond donors (Lipinski definition) is 0. The van der Waals surface area contributed by atoms with Gasteiger partial charge in [0.15, 0.2) is 5.76 Å². The molecule has 1 aliphatic heterocycles. The van der Waals surface area contributed by atoms with Gasteiger partial charge in [-0.2, -0.15) is 0 Å². The molecule has 0 unspecified atom stereocenters. The fourth-order valence-corrected chi connectivity index (χ4v) is 3.40. The molecule has 0 atom stereocenters. The zero-order chi connectivity index (χ0) is 20.2. The van der Waals surface area contributed by atoms with Crippen LogP contribution in [0.3, 0.4) is 0 Å². The molecule has 148 valence electrons. The second-order valence-corrected chi connectivity index (χ2v) is 6.86. The number of anilines is 2. The van der Waals surface area contributed by atoms with Gasteiger partial charge in [-0.1, -0.05) is 18.2 Å². The number of carbonyl (C=O) groups excluding carboxylic acids is 2. The van der Waals surface area contributed by atoms with Crippen molar-refractivity contribution in [1.29, 1.82) is 0 Å². The summed E-state index contributed by atoms with van der Waals surface area (Å²) in [6.07, 6.45) is 3.16. The molecule has 1 saturated heterocycles. The van der Waals surface area contributed by atoms with E-state index in [1.807, 2.05) is 42.5 Å². The molecule has 1 fully saturated rings. The second-order valence-electron chi connectivity index (χ2n) is 6.86. The highest BCUT2D eigenvalue weighted by molar-refractivity contribution is 6.04. The van der Waals surface area contributed by atoms with Crippen molar-refractivity contribution in [2.24, 2.45) is 0 Å². The van der Waals surface area contributed by atoms with Crippen LogP contribution < -0.4 is 9.80 Å². The average molecular weight is 390 g/mol. The van der Waals surface area contributed by atoms with E-state index in [-0.39, 0.29) is 11.8 Å². The van der Waals surface area contributed by atoms with Crippen LogP contribution in [0.1, 0.15) is 21.0 Å². The molecule has 0 bridgehead atoms. The van der Waals surface area contributed by atoms with Crippen LogP contribution in [0.2, 0.25) is 0 Å². The average Bonchev–Trinajstić information content (AvgIpc) is 3.33. The third-order valence-electron chi connectivity index (χ3n) is 5.07. The molecule has 0 N–H and O–H groups in total. The molecule has 0 aliphatic carbocycles. The number of benzene rings is 1. The lowest BCUT2D eigenvalue weighted by atomic mass is 10.2. The lowest BCUT2D eigenvalue weighted by Gasteiger charge is -2.35. The van der Waals surface area contributed by atoms with Gasteiger partial charge in [0.2, 0.25) is 0 Å². The Labute approximate surface area is 169 Å². The predicted octanol–water partition coefficient (Wildman–Crippen LogP) is 2.91. The molecule has 0 spiro atoms. The van der Waals surface area contributed by atoms with Gasteiger partial charge in [-0.25, -0.2) is 0 Å². The number of piperazine rings is 1. The molecule has 7 nitrogen and oxygen atoms in total. The summed E-state index contributed by atoms with van der Waals surface area (Å²) >= 11 is 0. The first kappa shape index (κ1) is 18.7. The monoisotopic (exact) mass is 390 g/mol. The van der Waals surface area contributed by atoms with Gasteiger partial charge < -0.3 is 19.1 Å². The van der Waals surface area contributed by atoms with Crippen LogP contribution >= 0.6 is 0 Å². The Bertz CT molecular complexity index is 980. The molecule has 7 heteroatoms. The van der Waals surface area contributed by atoms with Gasteiger partial charge >= 0.3 is 0 Å². The van der Waals surface area contributed by atoms with E-state index in [1.165, 1.54) is 6.26 Å². The first-order valence-electron chi connectivity index (χ1n) is 9.50. The summed E-state index contributed by atoms with van der Waals surface area (Å²) in [5.74, 6) is 0.105. The van der Waals surface area contributed by atoms with Crippen LogP contribution in [-0.2, 0) is 0 Å². The molecule has 29 heavy (non-hydrogen) atoms. The van der Waals surface area contributed by atoms with Crippen LogP contribution in [-0.4, -0.2) is 54.9 Å². The van der Waals surface area contributed by atoms with E-state index < -0.39 is 0 Å². The van der Waals surface area contributed by atoms with Crippen LogP contribution in [0.15, 0.2) is 71.5 Å². The number of amides is 2. The normalized spacial score (nSPS) is 14.0. The summed E-state index contributed by atoms with van der Waals surface area (Å²) < 4.78 is 5.21. The number of para-hydroxylation sites is 1. The Morgan fingerprint density at radius 2 is 1.76 bits per heavy atom. The van der Waals surface area contributed by atoms with Gasteiger partial charge in [0.25, 0.3) is 11.8 Å². The highest BCUT2D eigenvalue weighted by atomic mass is 16.3. The molecular weight excluding hydrogens is 368 g/mol. The van der Waals surface area contributed by atoms with Crippen molar-refractivity contribution in [1.82, 2.24) is 9.88 Å². The van der Waals surface area contributed by atoms with E-state index in [0.29, 0.717) is 37.6 Å². The molecule has 4 rings (SSSR count). The molecule has 1 aliphatic rings. The zero-order valence-electron chi connectivity index (χ0n) is 16.2. The third kappa shape index (κ3) is 3.99. The summed E-state index contributed by atoms with van der Waals surface area (Å²) in [6.45, 7) is 2.54. The Morgan fingerprint density at radius 1 is 1.00 bits per heavy atom. The highest BCUT2D eigenvalue weighted by Gasteiger charge is 2.24. The van der Waals surface area contributed by atoms with Gasteiger partial charge in [-0.3, -0.25) is 14.6 Å². The lowest BCUT2D eigenvalue weighted by molar-refractivity contribution is 0.0714. The Balaban J connectivity index is 1.43. The minimum absolute atomic E-state index is 0.0928. The van der Waals surface area contributed by atoms with E-state index >= 15 is 0 Å². The highest BCUT2D eigenvalue weighted by Crippen LogP contribution is 2.20. The fraction of sp³-hybridized carbons (Fsp3) is 0.227. The van der Waals surface area contributed by atoms with E-state index in [1.54, 1.807) is 35.2 Å². The van der Waals surface area contributed by atoms with E-state index in [0.717, 1.165) is 11.4 Å². The van der Waals surface area contributed by atoms with Crippen molar-refractivity contribution in [3.05, 3.63) is 78.5 Å². The second kappa shape index (κ2) is 8.18. The Hall–Kier alpha value is -3.61. The summed E-state index contributed by atoms with van der Waals surface area (Å²) in [4.78, 5) is 35.0. The maximum Gasteiger partial charge on any atom is 0.289 e. The Morgan fingerprint density at radius 3 is 2.45 bits per heavy atom. The van der Waals surface area contributed by atoms with Crippen LogP contribution in [0.4, 0.5) is 11.4 Å². The first-order chi connectivity index (χ1) is 14.1. The van der Waals surface area contributed by atoms with Crippen LogP contribution in [0.25, 0.3) is 0 Å². The van der Waals surface area contributed by atoms with Gasteiger partial charge in [0.05, 0.1) is 6.26 Å². The summed E-state index contributed by atoms with van der Waals surface area (Å²) in [5, 5.41) is 0. The molecular formula is C22H22N4O3. The first-order valence-corrected chi connectivity index (χ1v) is 9.50. The lowest BCUT2D eigenvalue weighted by Crippen LogP contribution is -2.48. The Kier molecular flexibility index (Phi) is 5.29. The number of aromatic nitrogens is 1. The summed E-state index contributed by atoms with van der Waals surface area (Å²) in [6, 6.07) is 16.6. The minimum atomic E-state index is -0.162. The predicted molar refractivity (Wildman–Crippen MR) is 110 cm³/mol. The SMILES string of the molecule is CN(C(=O)c1cc(N2CCN(C(=O)c3ccco3)CC2)ccn1)c1ccccc1. The van der Waals surface area contributed by atoms with Gasteiger partial charge in [-0.05, 0) is 36.4 Å². The van der Waals surface area contributed by atoms with Gasteiger partial charge in [0, 0.05) is 50.8 Å². The summed E-state index contributed by atoms with van der Waals surface area (Å²) in [5.41, 5.74) is 2.13. The van der Waals surface area contributed by atoms with Crippen molar-refractivity contribution in [3.63, 3.8) is 0 Å². The minimum Gasteiger partial charge on any atom is -0.459 e. The van der Waals surface area contributed by atoms with Crippen molar-refractivity contribution in [2.75, 3.05) is 43.0 Å². The number of furan rings is 1. The van der Waals surface area contributed by atoms with Crippen LogP contribution in [0, 0.1) is 0 Å².